The number of rotatable bonds is 26. The van der Waals surface area contributed by atoms with E-state index in [0.29, 0.717) is 59.2 Å². The van der Waals surface area contributed by atoms with Crippen LogP contribution in [0.25, 0.3) is 0 Å². The predicted molar refractivity (Wildman–Crippen MR) is 149 cm³/mol. The van der Waals surface area contributed by atoms with Gasteiger partial charge in [0.25, 0.3) is 0 Å². The molecule has 0 fully saturated rings. The molecule has 0 aromatic heterocycles. The Morgan fingerprint density at radius 2 is 0.944 bits per heavy atom. The van der Waals surface area contributed by atoms with Gasteiger partial charge in [-0.2, -0.15) is 0 Å². The fraction of sp³-hybridized carbons (Fsp3) is 0.960. The van der Waals surface area contributed by atoms with E-state index < -0.39 is 30.2 Å². The average Bonchev–Trinajstić information content (AvgIpc) is 2.83. The topological polar surface area (TPSA) is 84.9 Å². The normalized spacial score (nSPS) is 13.1. The van der Waals surface area contributed by atoms with Gasteiger partial charge in [-0.05, 0) is 74.4 Å². The van der Waals surface area contributed by atoms with E-state index in [9.17, 15) is 4.79 Å². The van der Waals surface area contributed by atoms with Gasteiger partial charge in [0.05, 0.1) is 13.0 Å². The summed E-state index contributed by atoms with van der Waals surface area (Å²) < 4.78 is 40.6. The Balaban J connectivity index is 4.90. The third kappa shape index (κ3) is 15.8. The standard InChI is InChI=1S/C25H55NO8Si2/c1-8-28-23(27)17-20-26(18-15-21-35-24(29-9-2,30-10-3)31-11-4)19-16-22-36-25(32-12-5,33-13-6)34-14-7/h8-22,35-36H2,1-7H3. The van der Waals surface area contributed by atoms with Gasteiger partial charge in [0.1, 0.15) is 19.0 Å². The van der Waals surface area contributed by atoms with Gasteiger partial charge in [0, 0.05) is 46.2 Å². The third-order valence-electron chi connectivity index (χ3n) is 5.54. The number of hydrogen-bond donors (Lipinski definition) is 0. The lowest BCUT2D eigenvalue weighted by Gasteiger charge is -2.33. The van der Waals surface area contributed by atoms with Crippen molar-refractivity contribution in [1.82, 2.24) is 4.90 Å². The molecule has 0 aliphatic heterocycles. The van der Waals surface area contributed by atoms with Crippen molar-refractivity contribution in [3.63, 3.8) is 0 Å². The second-order valence-corrected chi connectivity index (χ2v) is 12.4. The number of carbonyl (C=O) groups excluding carboxylic acids is 1. The number of ether oxygens (including phenoxy) is 7. The Hall–Kier alpha value is -0.376. The lowest BCUT2D eigenvalue weighted by molar-refractivity contribution is -0.323. The van der Waals surface area contributed by atoms with Crippen molar-refractivity contribution in [2.75, 3.05) is 65.9 Å². The van der Waals surface area contributed by atoms with Crippen molar-refractivity contribution in [2.45, 2.75) is 91.0 Å². The van der Waals surface area contributed by atoms with Crippen LogP contribution in [0.5, 0.6) is 0 Å². The summed E-state index contributed by atoms with van der Waals surface area (Å²) >= 11 is 0. The molecule has 9 nitrogen and oxygen atoms in total. The van der Waals surface area contributed by atoms with Gasteiger partial charge in [-0.25, -0.2) is 0 Å². The maximum atomic E-state index is 12.0. The molecule has 0 radical (unpaired) electrons. The molecular weight excluding hydrogens is 498 g/mol. The Labute approximate surface area is 224 Å². The van der Waals surface area contributed by atoms with Crippen molar-refractivity contribution in [3.05, 3.63) is 0 Å². The fourth-order valence-corrected chi connectivity index (χ4v) is 8.08. The van der Waals surface area contributed by atoms with E-state index in [1.165, 1.54) is 0 Å². The van der Waals surface area contributed by atoms with Crippen molar-refractivity contribution in [1.29, 1.82) is 0 Å². The summed E-state index contributed by atoms with van der Waals surface area (Å²) in [5.41, 5.74) is -1.67. The van der Waals surface area contributed by atoms with Crippen LogP contribution in [0, 0.1) is 0 Å². The van der Waals surface area contributed by atoms with Crippen LogP contribution in [0.2, 0.25) is 12.1 Å². The van der Waals surface area contributed by atoms with Crippen LogP contribution in [-0.2, 0) is 38.0 Å². The molecule has 0 aliphatic rings. The summed E-state index contributed by atoms with van der Waals surface area (Å²) in [5.74, 6) is -0.141. The van der Waals surface area contributed by atoms with E-state index in [-0.39, 0.29) is 5.97 Å². The van der Waals surface area contributed by atoms with Crippen molar-refractivity contribution in [2.24, 2.45) is 0 Å². The predicted octanol–water partition coefficient (Wildman–Crippen LogP) is 2.64. The van der Waals surface area contributed by atoms with Gasteiger partial charge >= 0.3 is 5.97 Å². The summed E-state index contributed by atoms with van der Waals surface area (Å²) in [6.45, 7) is 20.0. The first kappa shape index (κ1) is 35.6. The first-order valence-corrected chi connectivity index (χ1v) is 17.5. The zero-order valence-corrected chi connectivity index (χ0v) is 27.1. The highest BCUT2D eigenvalue weighted by molar-refractivity contribution is 6.38. The van der Waals surface area contributed by atoms with Crippen LogP contribution >= 0.6 is 0 Å². The van der Waals surface area contributed by atoms with Crippen molar-refractivity contribution in [3.8, 4) is 0 Å². The molecule has 0 aromatic carbocycles. The minimum atomic E-state index is -0.833. The zero-order chi connectivity index (χ0) is 27.1. The largest absolute Gasteiger partial charge is 0.466 e. The monoisotopic (exact) mass is 553 g/mol. The Kier molecular flexibility index (Phi) is 22.4. The van der Waals surface area contributed by atoms with Crippen LogP contribution in [-0.4, -0.2) is 107 Å². The summed E-state index contributed by atoms with van der Waals surface area (Å²) in [5, 5.41) is 0. The van der Waals surface area contributed by atoms with E-state index in [1.807, 2.05) is 48.5 Å². The quantitative estimate of drug-likeness (QED) is 0.0694. The lowest BCUT2D eigenvalue weighted by atomic mass is 10.3. The SMILES string of the molecule is CCOC(=O)CCN(CCC[SiH2]C(OCC)(OCC)OCC)CCC[SiH2]C(OCC)(OCC)OCC. The number of carbonyl (C=O) groups is 1. The highest BCUT2D eigenvalue weighted by Crippen LogP contribution is 2.18. The molecule has 0 heterocycles. The molecule has 0 amide bonds. The molecule has 0 unspecified atom stereocenters. The van der Waals surface area contributed by atoms with Crippen LogP contribution in [0.15, 0.2) is 0 Å². The van der Waals surface area contributed by atoms with Crippen LogP contribution < -0.4 is 0 Å². The molecule has 0 saturated carbocycles. The minimum absolute atomic E-state index is 0.141. The average molecular weight is 554 g/mol. The first-order valence-electron chi connectivity index (χ1n) is 14.1. The summed E-state index contributed by atoms with van der Waals surface area (Å²) in [6.07, 6.45) is 2.44. The highest BCUT2D eigenvalue weighted by Gasteiger charge is 2.33. The fourth-order valence-electron chi connectivity index (χ4n) is 4.17. The maximum absolute atomic E-state index is 12.0. The third-order valence-corrected chi connectivity index (χ3v) is 9.69. The summed E-state index contributed by atoms with van der Waals surface area (Å²) in [4.78, 5) is 14.3. The molecule has 216 valence electrons. The van der Waals surface area contributed by atoms with E-state index in [4.69, 9.17) is 33.2 Å². The van der Waals surface area contributed by atoms with Crippen molar-refractivity contribution < 1.29 is 38.0 Å². The lowest BCUT2D eigenvalue weighted by Crippen LogP contribution is -2.45. The van der Waals surface area contributed by atoms with Crippen LogP contribution in [0.1, 0.15) is 67.7 Å². The van der Waals surface area contributed by atoms with Gasteiger partial charge in [-0.15, -0.1) is 0 Å². The molecular formula is C25H55NO8Si2. The Bertz CT molecular complexity index is 462. The van der Waals surface area contributed by atoms with Crippen molar-refractivity contribution >= 4 is 25.0 Å². The maximum Gasteiger partial charge on any atom is 0.307 e. The Morgan fingerprint density at radius 1 is 0.583 bits per heavy atom. The molecule has 0 atom stereocenters. The van der Waals surface area contributed by atoms with Gasteiger partial charge in [0.2, 0.25) is 11.2 Å². The Morgan fingerprint density at radius 3 is 1.25 bits per heavy atom. The molecule has 0 bridgehead atoms. The van der Waals surface area contributed by atoms with Gasteiger partial charge in [0.15, 0.2) is 0 Å². The molecule has 0 aliphatic carbocycles. The van der Waals surface area contributed by atoms with E-state index in [0.717, 1.165) is 38.0 Å². The number of hydrogen-bond acceptors (Lipinski definition) is 9. The first-order chi connectivity index (χ1) is 17.4. The molecule has 0 spiro atoms. The van der Waals surface area contributed by atoms with Gasteiger partial charge < -0.3 is 38.1 Å². The van der Waals surface area contributed by atoms with E-state index in [2.05, 4.69) is 4.90 Å². The number of esters is 1. The summed E-state index contributed by atoms with van der Waals surface area (Å²) in [6, 6.07) is 2.07. The van der Waals surface area contributed by atoms with Gasteiger partial charge in [-0.3, -0.25) is 4.79 Å². The van der Waals surface area contributed by atoms with Crippen LogP contribution in [0.4, 0.5) is 0 Å². The van der Waals surface area contributed by atoms with Crippen LogP contribution in [0.3, 0.4) is 0 Å². The minimum Gasteiger partial charge on any atom is -0.466 e. The second kappa shape index (κ2) is 22.6. The molecule has 0 N–H and O–H groups in total. The molecule has 0 saturated heterocycles. The molecule has 0 aromatic rings. The van der Waals surface area contributed by atoms with E-state index >= 15 is 0 Å². The molecule has 11 heteroatoms. The van der Waals surface area contributed by atoms with E-state index in [1.54, 1.807) is 0 Å². The molecule has 36 heavy (non-hydrogen) atoms. The van der Waals surface area contributed by atoms with Gasteiger partial charge in [-0.1, -0.05) is 12.1 Å². The highest BCUT2D eigenvalue weighted by atomic mass is 28.2. The number of nitrogens with zero attached hydrogens (tertiary/aromatic N) is 1. The zero-order valence-electron chi connectivity index (χ0n) is 24.2. The summed E-state index contributed by atoms with van der Waals surface area (Å²) in [7, 11) is -1.57. The molecule has 0 rings (SSSR count). The second-order valence-electron chi connectivity index (χ2n) is 8.27. The smallest absolute Gasteiger partial charge is 0.307 e.